The number of hydrogen-bond acceptors (Lipinski definition) is 9. The minimum Gasteiger partial charge on any atom is -0.497 e. The van der Waals surface area contributed by atoms with Gasteiger partial charge in [-0.25, -0.2) is 4.98 Å². The van der Waals surface area contributed by atoms with E-state index in [2.05, 4.69) is 4.98 Å². The summed E-state index contributed by atoms with van der Waals surface area (Å²) < 4.78 is 11.6. The second-order valence-electron chi connectivity index (χ2n) is 8.15. The van der Waals surface area contributed by atoms with E-state index in [9.17, 15) is 14.9 Å². The highest BCUT2D eigenvalue weighted by molar-refractivity contribution is 7.22. The molecule has 4 rings (SSSR count). The molecule has 2 aromatic carbocycles. The smallest absolute Gasteiger partial charge is 0.293 e. The minimum absolute atomic E-state index is 0. The first-order valence-corrected chi connectivity index (χ1v) is 11.7. The number of nitro groups is 1. The quantitative estimate of drug-likeness (QED) is 0.327. The van der Waals surface area contributed by atoms with Crippen LogP contribution in [-0.4, -0.2) is 81.3 Å². The zero-order chi connectivity index (χ0) is 24.2. The van der Waals surface area contributed by atoms with Crippen LogP contribution in [0.4, 0.5) is 16.5 Å². The van der Waals surface area contributed by atoms with Gasteiger partial charge in [0.15, 0.2) is 5.13 Å². The first-order valence-electron chi connectivity index (χ1n) is 10.9. The molecule has 0 atom stereocenters. The monoisotopic (exact) mass is 521 g/mol. The molecule has 0 spiro atoms. The summed E-state index contributed by atoms with van der Waals surface area (Å²) in [6.07, 6.45) is 0. The van der Waals surface area contributed by atoms with Crippen molar-refractivity contribution in [3.8, 4) is 5.75 Å². The zero-order valence-corrected chi connectivity index (χ0v) is 21.4. The Kier molecular flexibility index (Phi) is 8.84. The molecule has 1 aromatic heterocycles. The van der Waals surface area contributed by atoms with E-state index in [0.29, 0.717) is 56.0 Å². The summed E-state index contributed by atoms with van der Waals surface area (Å²) >= 11 is 1.39. The molecule has 0 aliphatic carbocycles. The first-order chi connectivity index (χ1) is 16.4. The number of likely N-dealkylation sites (N-methyl/N-ethyl adjacent to an activating group) is 1. The predicted octanol–water partition coefficient (Wildman–Crippen LogP) is 3.68. The Bertz CT molecular complexity index is 1200. The van der Waals surface area contributed by atoms with Gasteiger partial charge in [-0.1, -0.05) is 11.3 Å². The van der Waals surface area contributed by atoms with Gasteiger partial charge in [-0.2, -0.15) is 0 Å². The van der Waals surface area contributed by atoms with Crippen LogP contribution in [0.15, 0.2) is 36.4 Å². The van der Waals surface area contributed by atoms with Crippen molar-refractivity contribution in [1.82, 2.24) is 9.88 Å². The number of ether oxygens (including phenoxy) is 2. The molecule has 12 heteroatoms. The Balaban J connectivity index is 0.00000342. The van der Waals surface area contributed by atoms with E-state index in [1.807, 2.05) is 42.1 Å². The third-order valence-electron chi connectivity index (χ3n) is 5.60. The molecule has 0 N–H and O–H groups in total. The number of fused-ring (bicyclic) bond motifs is 1. The first kappa shape index (κ1) is 26.6. The van der Waals surface area contributed by atoms with Crippen molar-refractivity contribution in [3.05, 3.63) is 52.1 Å². The van der Waals surface area contributed by atoms with Crippen LogP contribution in [0.3, 0.4) is 0 Å². The fraction of sp³-hybridized carbons (Fsp3) is 0.391. The SMILES string of the molecule is COc1ccc2nc(N(CCN(C)C)C(=O)c3ccc(N4CCOCC4)c([N+](=O)[O-])c3)sc2c1.Cl. The van der Waals surface area contributed by atoms with E-state index in [4.69, 9.17) is 9.47 Å². The van der Waals surface area contributed by atoms with Gasteiger partial charge in [0.25, 0.3) is 11.6 Å². The number of methoxy groups -OCH3 is 1. The van der Waals surface area contributed by atoms with Crippen molar-refractivity contribution < 1.29 is 19.2 Å². The maximum atomic E-state index is 13.6. The average Bonchev–Trinajstić information content (AvgIpc) is 3.26. The van der Waals surface area contributed by atoms with Crippen LogP contribution in [0.2, 0.25) is 0 Å². The predicted molar refractivity (Wildman–Crippen MR) is 140 cm³/mol. The Morgan fingerprint density at radius 1 is 1.20 bits per heavy atom. The van der Waals surface area contributed by atoms with E-state index in [-0.39, 0.29) is 29.6 Å². The van der Waals surface area contributed by atoms with Crippen molar-refractivity contribution in [2.24, 2.45) is 0 Å². The lowest BCUT2D eigenvalue weighted by molar-refractivity contribution is -0.384. The zero-order valence-electron chi connectivity index (χ0n) is 19.8. The van der Waals surface area contributed by atoms with Crippen molar-refractivity contribution in [1.29, 1.82) is 0 Å². The van der Waals surface area contributed by atoms with E-state index in [1.165, 1.54) is 17.4 Å². The third-order valence-corrected chi connectivity index (χ3v) is 6.64. The molecule has 10 nitrogen and oxygen atoms in total. The molecule has 2 heterocycles. The maximum Gasteiger partial charge on any atom is 0.293 e. The van der Waals surface area contributed by atoms with Gasteiger partial charge in [0.1, 0.15) is 11.4 Å². The molecule has 1 amide bonds. The molecule has 1 aliphatic rings. The van der Waals surface area contributed by atoms with Crippen molar-refractivity contribution in [3.63, 3.8) is 0 Å². The summed E-state index contributed by atoms with van der Waals surface area (Å²) in [5.41, 5.74) is 1.42. The van der Waals surface area contributed by atoms with Crippen molar-refractivity contribution in [2.75, 3.05) is 70.4 Å². The number of morpholine rings is 1. The number of thiazole rings is 1. The lowest BCUT2D eigenvalue weighted by Gasteiger charge is -2.28. The van der Waals surface area contributed by atoms with Crippen LogP contribution in [-0.2, 0) is 4.74 Å². The van der Waals surface area contributed by atoms with Crippen LogP contribution >= 0.6 is 23.7 Å². The van der Waals surface area contributed by atoms with E-state index >= 15 is 0 Å². The molecule has 0 radical (unpaired) electrons. The fourth-order valence-electron chi connectivity index (χ4n) is 3.75. The molecule has 1 aliphatic heterocycles. The molecule has 0 bridgehead atoms. The number of nitrogens with zero attached hydrogens (tertiary/aromatic N) is 5. The Hall–Kier alpha value is -2.99. The lowest BCUT2D eigenvalue weighted by Crippen LogP contribution is -2.37. The molecule has 1 saturated heterocycles. The van der Waals surface area contributed by atoms with Gasteiger partial charge < -0.3 is 19.3 Å². The third kappa shape index (κ3) is 5.99. The summed E-state index contributed by atoms with van der Waals surface area (Å²) in [4.78, 5) is 35.2. The number of anilines is 2. The Morgan fingerprint density at radius 2 is 1.94 bits per heavy atom. The summed E-state index contributed by atoms with van der Waals surface area (Å²) in [6.45, 7) is 3.16. The van der Waals surface area contributed by atoms with E-state index in [0.717, 1.165) is 10.2 Å². The topological polar surface area (TPSA) is 101 Å². The van der Waals surface area contributed by atoms with Crippen LogP contribution in [0.5, 0.6) is 5.75 Å². The number of amides is 1. The molecule has 0 saturated carbocycles. The number of hydrogen-bond donors (Lipinski definition) is 0. The standard InChI is InChI=1S/C23H27N5O5S.ClH/c1-25(2)8-9-27(23-24-18-6-5-17(32-3)15-21(18)34-23)22(29)16-4-7-19(20(14-16)28(30)31)26-10-12-33-13-11-26;/h4-7,14-15H,8-13H2,1-3H3;1H. The van der Waals surface area contributed by atoms with Gasteiger partial charge in [0.05, 0.1) is 35.5 Å². The summed E-state index contributed by atoms with van der Waals surface area (Å²) in [5.74, 6) is 0.382. The van der Waals surface area contributed by atoms with E-state index < -0.39 is 4.92 Å². The highest BCUT2D eigenvalue weighted by Gasteiger charge is 2.27. The van der Waals surface area contributed by atoms with Crippen LogP contribution in [0, 0.1) is 10.1 Å². The van der Waals surface area contributed by atoms with Crippen LogP contribution in [0.25, 0.3) is 10.2 Å². The minimum atomic E-state index is -0.435. The molecular weight excluding hydrogens is 494 g/mol. The molecular formula is C23H28ClN5O5S. The second kappa shape index (κ2) is 11.6. The number of aromatic nitrogens is 1. The van der Waals surface area contributed by atoms with Crippen LogP contribution < -0.4 is 14.5 Å². The maximum absolute atomic E-state index is 13.6. The summed E-state index contributed by atoms with van der Waals surface area (Å²) in [5, 5.41) is 12.4. The highest BCUT2D eigenvalue weighted by Crippen LogP contribution is 2.34. The molecule has 35 heavy (non-hydrogen) atoms. The number of nitro benzene ring substituents is 1. The summed E-state index contributed by atoms with van der Waals surface area (Å²) in [7, 11) is 5.45. The molecule has 188 valence electrons. The number of carbonyl (C=O) groups excluding carboxylic acids is 1. The van der Waals surface area contributed by atoms with Gasteiger partial charge in [-0.3, -0.25) is 19.8 Å². The lowest BCUT2D eigenvalue weighted by atomic mass is 10.1. The Morgan fingerprint density at radius 3 is 2.60 bits per heavy atom. The number of halogens is 1. The van der Waals surface area contributed by atoms with Gasteiger partial charge >= 0.3 is 0 Å². The average molecular weight is 522 g/mol. The normalized spacial score (nSPS) is 13.5. The fourth-order valence-corrected chi connectivity index (χ4v) is 4.77. The Labute approximate surface area is 213 Å². The highest BCUT2D eigenvalue weighted by atomic mass is 35.5. The van der Waals surface area contributed by atoms with Gasteiger partial charge in [0.2, 0.25) is 0 Å². The molecule has 0 unspecified atom stereocenters. The van der Waals surface area contributed by atoms with Crippen LogP contribution in [0.1, 0.15) is 10.4 Å². The second-order valence-corrected chi connectivity index (χ2v) is 9.16. The molecule has 1 fully saturated rings. The van der Waals surface area contributed by atoms with Crippen molar-refractivity contribution >= 4 is 56.4 Å². The van der Waals surface area contributed by atoms with E-state index in [1.54, 1.807) is 24.1 Å². The number of benzene rings is 2. The van der Waals surface area contributed by atoms with Crippen molar-refractivity contribution in [2.45, 2.75) is 0 Å². The number of carbonyl (C=O) groups is 1. The summed E-state index contributed by atoms with van der Waals surface area (Å²) in [6, 6.07) is 10.2. The van der Waals surface area contributed by atoms with Gasteiger partial charge in [-0.05, 0) is 44.4 Å². The largest absolute Gasteiger partial charge is 0.497 e. The van der Waals surface area contributed by atoms with Gasteiger partial charge in [0, 0.05) is 37.8 Å². The molecule has 3 aromatic rings. The van der Waals surface area contributed by atoms with Gasteiger partial charge in [-0.15, -0.1) is 12.4 Å². The number of rotatable bonds is 8.